The van der Waals surface area contributed by atoms with Crippen LogP contribution in [0.2, 0.25) is 0 Å². The Morgan fingerprint density at radius 3 is 2.29 bits per heavy atom. The van der Waals surface area contributed by atoms with E-state index in [1.54, 1.807) is 56.4 Å². The monoisotopic (exact) mass is 711 g/mol. The van der Waals surface area contributed by atoms with Gasteiger partial charge in [-0.15, -0.1) is 0 Å². The number of para-hydroxylation sites is 1. The second-order valence-electron chi connectivity index (χ2n) is 13.6. The summed E-state index contributed by atoms with van der Waals surface area (Å²) in [6.07, 6.45) is 2.08. The molecule has 13 heteroatoms. The van der Waals surface area contributed by atoms with E-state index in [1.807, 2.05) is 25.1 Å². The van der Waals surface area contributed by atoms with Gasteiger partial charge in [0.2, 0.25) is 11.8 Å². The molecule has 1 unspecified atom stereocenters. The lowest BCUT2D eigenvalue weighted by Crippen LogP contribution is -2.44. The molecule has 1 atom stereocenters. The van der Waals surface area contributed by atoms with Crippen LogP contribution in [0.25, 0.3) is 33.3 Å². The number of aromatic nitrogens is 3. The fraction of sp³-hybridized carbons (Fsp3) is 0.333. The fourth-order valence-corrected chi connectivity index (χ4v) is 7.71. The van der Waals surface area contributed by atoms with Crippen LogP contribution >= 0.6 is 0 Å². The van der Waals surface area contributed by atoms with Gasteiger partial charge in [-0.25, -0.2) is 4.79 Å². The number of carbonyl (C=O) groups is 2. The third-order valence-electron chi connectivity index (χ3n) is 10.5. The number of hydrogen-bond donors (Lipinski definition) is 1. The third-order valence-corrected chi connectivity index (χ3v) is 10.5. The number of aryl methyl sites for hydroxylation is 2. The Balaban J connectivity index is 1.25. The Morgan fingerprint density at radius 2 is 1.62 bits per heavy atom. The molecule has 2 aliphatic rings. The number of fused-ring (bicyclic) bond motifs is 2. The topological polar surface area (TPSA) is 117 Å². The highest BCUT2D eigenvalue weighted by molar-refractivity contribution is 6.01. The molecule has 52 heavy (non-hydrogen) atoms. The molecular formula is C39H39F2N5O6. The van der Waals surface area contributed by atoms with Crippen molar-refractivity contribution in [2.45, 2.75) is 51.7 Å². The highest BCUT2D eigenvalue weighted by Gasteiger charge is 2.41. The van der Waals surface area contributed by atoms with Gasteiger partial charge in [-0.2, -0.15) is 8.78 Å². The summed E-state index contributed by atoms with van der Waals surface area (Å²) in [4.78, 5) is 52.2. The summed E-state index contributed by atoms with van der Waals surface area (Å²) in [5, 5.41) is 2.32. The molecule has 5 aromatic rings. The Hall–Kier alpha value is -5.56. The van der Waals surface area contributed by atoms with Crippen molar-refractivity contribution in [1.82, 2.24) is 23.9 Å². The molecule has 7 rings (SSSR count). The minimum Gasteiger partial charge on any atom is -0.496 e. The maximum absolute atomic E-state index is 15.9. The van der Waals surface area contributed by atoms with Crippen molar-refractivity contribution in [1.29, 1.82) is 0 Å². The molecule has 0 spiro atoms. The molecule has 1 N–H and O–H groups in total. The van der Waals surface area contributed by atoms with Gasteiger partial charge >= 0.3 is 5.69 Å². The second-order valence-corrected chi connectivity index (χ2v) is 13.6. The van der Waals surface area contributed by atoms with E-state index >= 15 is 8.78 Å². The van der Waals surface area contributed by atoms with E-state index in [2.05, 4.69) is 5.32 Å². The van der Waals surface area contributed by atoms with Crippen molar-refractivity contribution in [2.24, 2.45) is 14.1 Å². The van der Waals surface area contributed by atoms with Gasteiger partial charge in [0.05, 0.1) is 37.4 Å². The number of ether oxygens (including phenoxy) is 2. The van der Waals surface area contributed by atoms with Crippen molar-refractivity contribution in [3.8, 4) is 33.8 Å². The summed E-state index contributed by atoms with van der Waals surface area (Å²) in [6.45, 7) is 3.46. The minimum absolute atomic E-state index is 0.0653. The van der Waals surface area contributed by atoms with Gasteiger partial charge in [-0.3, -0.25) is 33.7 Å². The Morgan fingerprint density at radius 1 is 0.904 bits per heavy atom. The zero-order valence-electron chi connectivity index (χ0n) is 29.8. The quantitative estimate of drug-likeness (QED) is 0.234. The number of methoxy groups -OCH3 is 2. The number of amides is 2. The molecule has 2 aliphatic heterocycles. The van der Waals surface area contributed by atoms with E-state index < -0.39 is 30.1 Å². The van der Waals surface area contributed by atoms with Crippen LogP contribution in [0, 0.1) is 13.8 Å². The van der Waals surface area contributed by atoms with E-state index in [4.69, 9.17) is 9.47 Å². The molecule has 0 bridgehead atoms. The van der Waals surface area contributed by atoms with Crippen molar-refractivity contribution < 1.29 is 27.8 Å². The Labute approximate surface area is 298 Å². The average molecular weight is 712 g/mol. The van der Waals surface area contributed by atoms with Gasteiger partial charge in [-0.1, -0.05) is 24.3 Å². The van der Waals surface area contributed by atoms with Gasteiger partial charge in [0.1, 0.15) is 17.5 Å². The fourth-order valence-electron chi connectivity index (χ4n) is 7.71. The first-order chi connectivity index (χ1) is 24.7. The van der Waals surface area contributed by atoms with Gasteiger partial charge in [-0.05, 0) is 66.8 Å². The summed E-state index contributed by atoms with van der Waals surface area (Å²) in [5.74, 6) is -3.14. The summed E-state index contributed by atoms with van der Waals surface area (Å²) in [6, 6.07) is 13.0. The highest BCUT2D eigenvalue weighted by atomic mass is 19.3. The predicted molar refractivity (Wildman–Crippen MR) is 192 cm³/mol. The standard InChI is InChI=1S/C39H39F2N5O6/c1-21-22(2)37(49)43(3)18-27(21)24-15-32(51-5)28(33(16-24)52-6)19-45-17-25-14-23(10-11-29(25)39(40,41)20-45)26-8-7-9-30-35(26)44(4)38(50)46(30)31-12-13-34(47)42-36(31)48/h7-11,14-16,18,31H,12-13,17,19-20H2,1-6H3,(H,42,47,48). The number of hydrogen-bond acceptors (Lipinski definition) is 7. The zero-order chi connectivity index (χ0) is 37.2. The summed E-state index contributed by atoms with van der Waals surface area (Å²) < 4.78 is 47.8. The first kappa shape index (κ1) is 34.9. The van der Waals surface area contributed by atoms with Gasteiger partial charge in [0.25, 0.3) is 11.5 Å². The van der Waals surface area contributed by atoms with Crippen molar-refractivity contribution in [3.63, 3.8) is 0 Å². The van der Waals surface area contributed by atoms with Crippen LogP contribution in [0.1, 0.15) is 46.7 Å². The van der Waals surface area contributed by atoms with Gasteiger partial charge in [0, 0.05) is 62.1 Å². The number of alkyl halides is 2. The largest absolute Gasteiger partial charge is 0.496 e. The number of imide groups is 1. The van der Waals surface area contributed by atoms with E-state index in [0.29, 0.717) is 50.3 Å². The number of nitrogens with zero attached hydrogens (tertiary/aromatic N) is 4. The van der Waals surface area contributed by atoms with Crippen molar-refractivity contribution in [3.05, 3.63) is 103 Å². The number of nitrogens with one attached hydrogen (secondary N) is 1. The average Bonchev–Trinajstić information content (AvgIpc) is 3.37. The molecule has 270 valence electrons. The van der Waals surface area contributed by atoms with Gasteiger partial charge in [0.15, 0.2) is 0 Å². The molecule has 0 aliphatic carbocycles. The predicted octanol–water partition coefficient (Wildman–Crippen LogP) is 5.09. The summed E-state index contributed by atoms with van der Waals surface area (Å²) >= 11 is 0. The lowest BCUT2D eigenvalue weighted by Gasteiger charge is -2.35. The normalized spacial score (nSPS) is 17.3. The van der Waals surface area contributed by atoms with Crippen LogP contribution in [0.3, 0.4) is 0 Å². The number of piperidine rings is 1. The Kier molecular flexibility index (Phi) is 8.64. The lowest BCUT2D eigenvalue weighted by atomic mass is 9.91. The number of benzene rings is 3. The van der Waals surface area contributed by atoms with Crippen molar-refractivity contribution in [2.75, 3.05) is 20.8 Å². The van der Waals surface area contributed by atoms with Crippen LogP contribution in [0.15, 0.2) is 64.3 Å². The number of carbonyl (C=O) groups excluding carboxylic acids is 2. The SMILES string of the molecule is COc1cc(-c2cn(C)c(=O)c(C)c2C)cc(OC)c1CN1Cc2cc(-c3cccc4c3n(C)c(=O)n4C3CCC(=O)NC3=O)ccc2C(F)(F)C1. The third kappa shape index (κ3) is 5.69. The molecular weight excluding hydrogens is 672 g/mol. The number of halogens is 2. The van der Waals surface area contributed by atoms with Crippen LogP contribution < -0.4 is 26.0 Å². The van der Waals surface area contributed by atoms with Gasteiger partial charge < -0.3 is 14.0 Å². The van der Waals surface area contributed by atoms with Crippen LogP contribution in [0.5, 0.6) is 11.5 Å². The van der Waals surface area contributed by atoms with Crippen LogP contribution in [-0.2, 0) is 42.7 Å². The van der Waals surface area contributed by atoms with E-state index in [9.17, 15) is 19.2 Å². The molecule has 0 saturated carbocycles. The molecule has 11 nitrogen and oxygen atoms in total. The summed E-state index contributed by atoms with van der Waals surface area (Å²) in [7, 11) is 6.35. The maximum Gasteiger partial charge on any atom is 0.329 e. The highest BCUT2D eigenvalue weighted by Crippen LogP contribution is 2.42. The van der Waals surface area contributed by atoms with Crippen molar-refractivity contribution >= 4 is 22.8 Å². The molecule has 1 fully saturated rings. The first-order valence-electron chi connectivity index (χ1n) is 16.9. The first-order valence-corrected chi connectivity index (χ1v) is 16.9. The maximum atomic E-state index is 15.9. The van der Waals surface area contributed by atoms with Crippen LogP contribution in [0.4, 0.5) is 8.78 Å². The van der Waals surface area contributed by atoms with E-state index in [1.165, 1.54) is 34.0 Å². The van der Waals surface area contributed by atoms with E-state index in [0.717, 1.165) is 16.7 Å². The smallest absolute Gasteiger partial charge is 0.329 e. The second kappa shape index (κ2) is 12.9. The number of pyridine rings is 1. The molecule has 0 radical (unpaired) electrons. The minimum atomic E-state index is -3.16. The van der Waals surface area contributed by atoms with Crippen LogP contribution in [-0.4, -0.2) is 51.2 Å². The lowest BCUT2D eigenvalue weighted by molar-refractivity contribution is -0.135. The Bertz CT molecular complexity index is 2400. The molecule has 2 amide bonds. The zero-order valence-corrected chi connectivity index (χ0v) is 29.8. The van der Waals surface area contributed by atoms with E-state index in [-0.39, 0.29) is 43.0 Å². The molecule has 4 heterocycles. The molecule has 2 aromatic heterocycles. The number of imidazole rings is 1. The summed E-state index contributed by atoms with van der Waals surface area (Å²) in [5.41, 5.74) is 5.87. The molecule has 1 saturated heterocycles. The molecule has 3 aromatic carbocycles. The number of rotatable bonds is 7.